The van der Waals surface area contributed by atoms with Gasteiger partial charge in [0.15, 0.2) is 6.10 Å². The number of amides is 1. The van der Waals surface area contributed by atoms with Gasteiger partial charge in [-0.05, 0) is 42.8 Å². The fourth-order valence-electron chi connectivity index (χ4n) is 2.10. The number of anilines is 1. The van der Waals surface area contributed by atoms with Gasteiger partial charge >= 0.3 is 5.97 Å². The van der Waals surface area contributed by atoms with Crippen LogP contribution in [0.5, 0.6) is 0 Å². The third-order valence-electron chi connectivity index (χ3n) is 3.41. The van der Waals surface area contributed by atoms with E-state index in [9.17, 15) is 9.59 Å². The van der Waals surface area contributed by atoms with Crippen molar-refractivity contribution in [3.8, 4) is 6.07 Å². The summed E-state index contributed by atoms with van der Waals surface area (Å²) in [6.45, 7) is 1.94. The molecule has 0 radical (unpaired) electrons. The van der Waals surface area contributed by atoms with Crippen LogP contribution in [0.2, 0.25) is 0 Å². The summed E-state index contributed by atoms with van der Waals surface area (Å²) in [5.41, 5.74) is 2.18. The average Bonchev–Trinajstić information content (AvgIpc) is 2.62. The zero-order valence-electron chi connectivity index (χ0n) is 14.0. The molecule has 6 heteroatoms. The van der Waals surface area contributed by atoms with Crippen LogP contribution in [0.15, 0.2) is 48.5 Å². The molecule has 0 fully saturated rings. The molecule has 2 aromatic carbocycles. The lowest BCUT2D eigenvalue weighted by Gasteiger charge is -2.14. The number of hydrogen-bond acceptors (Lipinski definition) is 5. The van der Waals surface area contributed by atoms with Gasteiger partial charge < -0.3 is 14.8 Å². The number of esters is 1. The minimum absolute atomic E-state index is 0.353. The lowest BCUT2D eigenvalue weighted by atomic mass is 10.1. The first kappa shape index (κ1) is 18.2. The van der Waals surface area contributed by atoms with Gasteiger partial charge in [-0.3, -0.25) is 4.79 Å². The Balaban J connectivity index is 1.95. The van der Waals surface area contributed by atoms with E-state index in [1.165, 1.54) is 6.92 Å². The highest BCUT2D eigenvalue weighted by atomic mass is 16.5. The second-order valence-electron chi connectivity index (χ2n) is 5.36. The maximum atomic E-state index is 12.1. The van der Waals surface area contributed by atoms with E-state index in [1.807, 2.05) is 6.07 Å². The van der Waals surface area contributed by atoms with Crippen molar-refractivity contribution in [2.45, 2.75) is 19.6 Å². The Bertz CT molecular complexity index is 794. The molecule has 0 heterocycles. The second kappa shape index (κ2) is 8.62. The first-order valence-electron chi connectivity index (χ1n) is 7.63. The lowest BCUT2D eigenvalue weighted by Crippen LogP contribution is -2.30. The normalized spacial score (nSPS) is 11.2. The predicted octanol–water partition coefficient (Wildman–Crippen LogP) is 2.89. The Kier molecular flexibility index (Phi) is 6.26. The van der Waals surface area contributed by atoms with Gasteiger partial charge in [0.2, 0.25) is 0 Å². The van der Waals surface area contributed by atoms with E-state index in [2.05, 4.69) is 5.32 Å². The van der Waals surface area contributed by atoms with Crippen LogP contribution in [0, 0.1) is 11.3 Å². The van der Waals surface area contributed by atoms with Gasteiger partial charge in [0.25, 0.3) is 5.91 Å². The summed E-state index contributed by atoms with van der Waals surface area (Å²) in [5, 5.41) is 11.5. The monoisotopic (exact) mass is 338 g/mol. The van der Waals surface area contributed by atoms with Gasteiger partial charge in [0, 0.05) is 12.8 Å². The summed E-state index contributed by atoms with van der Waals surface area (Å²) in [6, 6.07) is 15.2. The Morgan fingerprint density at radius 2 is 1.92 bits per heavy atom. The molecule has 0 unspecified atom stereocenters. The van der Waals surface area contributed by atoms with Crippen molar-refractivity contribution in [1.82, 2.24) is 0 Å². The number of nitrogens with one attached hydrogen (secondary N) is 1. The number of rotatable bonds is 6. The van der Waals surface area contributed by atoms with Crippen molar-refractivity contribution >= 4 is 17.6 Å². The molecule has 0 aliphatic heterocycles. The molecule has 2 rings (SSSR count). The van der Waals surface area contributed by atoms with Crippen LogP contribution >= 0.6 is 0 Å². The molecular weight excluding hydrogens is 320 g/mol. The van der Waals surface area contributed by atoms with E-state index in [0.29, 0.717) is 23.4 Å². The molecule has 1 atom stereocenters. The molecular formula is C19H18N2O4. The van der Waals surface area contributed by atoms with Crippen LogP contribution in [-0.4, -0.2) is 25.1 Å². The van der Waals surface area contributed by atoms with Gasteiger partial charge in [-0.25, -0.2) is 4.79 Å². The first-order chi connectivity index (χ1) is 12.0. The minimum Gasteiger partial charge on any atom is -0.449 e. The van der Waals surface area contributed by atoms with Gasteiger partial charge in [0.05, 0.1) is 23.8 Å². The molecule has 1 amide bonds. The van der Waals surface area contributed by atoms with Crippen molar-refractivity contribution in [2.24, 2.45) is 0 Å². The molecule has 0 spiro atoms. The van der Waals surface area contributed by atoms with Crippen LogP contribution in [0.1, 0.15) is 28.4 Å². The van der Waals surface area contributed by atoms with Gasteiger partial charge in [-0.15, -0.1) is 0 Å². The highest BCUT2D eigenvalue weighted by Crippen LogP contribution is 2.12. The predicted molar refractivity (Wildman–Crippen MR) is 91.8 cm³/mol. The Morgan fingerprint density at radius 1 is 1.20 bits per heavy atom. The summed E-state index contributed by atoms with van der Waals surface area (Å²) in [6.07, 6.45) is -0.975. The van der Waals surface area contributed by atoms with Crippen LogP contribution in [0.4, 0.5) is 5.69 Å². The first-order valence-corrected chi connectivity index (χ1v) is 7.63. The summed E-state index contributed by atoms with van der Waals surface area (Å²) in [5.74, 6) is -1.06. The van der Waals surface area contributed by atoms with Gasteiger partial charge in [-0.2, -0.15) is 5.26 Å². The van der Waals surface area contributed by atoms with Gasteiger partial charge in [0.1, 0.15) is 0 Å². The zero-order valence-corrected chi connectivity index (χ0v) is 14.0. The second-order valence-corrected chi connectivity index (χ2v) is 5.36. The van der Waals surface area contributed by atoms with E-state index in [4.69, 9.17) is 14.7 Å². The van der Waals surface area contributed by atoms with Crippen molar-refractivity contribution in [2.75, 3.05) is 12.4 Å². The molecule has 0 aliphatic rings. The summed E-state index contributed by atoms with van der Waals surface area (Å²) in [4.78, 5) is 24.2. The molecule has 1 N–H and O–H groups in total. The molecule has 2 aromatic rings. The minimum atomic E-state index is -0.975. The smallest absolute Gasteiger partial charge is 0.338 e. The number of nitriles is 1. The SMILES string of the molecule is COCc1ccc(C(=O)O[C@H](C)C(=O)Nc2cccc(C#N)c2)cc1. The molecule has 0 saturated heterocycles. The zero-order chi connectivity index (χ0) is 18.2. The summed E-state index contributed by atoms with van der Waals surface area (Å²) >= 11 is 0. The van der Waals surface area contributed by atoms with E-state index >= 15 is 0 Å². The highest BCUT2D eigenvalue weighted by Gasteiger charge is 2.19. The fraction of sp³-hybridized carbons (Fsp3) is 0.211. The summed E-state index contributed by atoms with van der Waals surface area (Å²) < 4.78 is 10.2. The number of hydrogen-bond donors (Lipinski definition) is 1. The molecule has 0 aromatic heterocycles. The number of carbonyl (C=O) groups excluding carboxylic acids is 2. The fourth-order valence-corrected chi connectivity index (χ4v) is 2.10. The quantitative estimate of drug-likeness (QED) is 0.818. The molecule has 0 bridgehead atoms. The van der Waals surface area contributed by atoms with E-state index in [0.717, 1.165) is 5.56 Å². The van der Waals surface area contributed by atoms with Crippen molar-refractivity contribution < 1.29 is 19.1 Å². The van der Waals surface area contributed by atoms with Crippen LogP contribution in [0.25, 0.3) is 0 Å². The van der Waals surface area contributed by atoms with Crippen molar-refractivity contribution in [3.05, 3.63) is 65.2 Å². The van der Waals surface area contributed by atoms with E-state index in [-0.39, 0.29) is 0 Å². The largest absolute Gasteiger partial charge is 0.449 e. The number of nitrogens with zero attached hydrogens (tertiary/aromatic N) is 1. The third-order valence-corrected chi connectivity index (χ3v) is 3.41. The lowest BCUT2D eigenvalue weighted by molar-refractivity contribution is -0.123. The molecule has 25 heavy (non-hydrogen) atoms. The number of methoxy groups -OCH3 is 1. The standard InChI is InChI=1S/C19H18N2O4/c1-13(18(22)21-17-5-3-4-15(10-17)11-20)25-19(23)16-8-6-14(7-9-16)12-24-2/h3-10,13H,12H2,1-2H3,(H,21,22)/t13-/m1/s1. The number of ether oxygens (including phenoxy) is 2. The molecule has 128 valence electrons. The highest BCUT2D eigenvalue weighted by molar-refractivity contribution is 5.97. The van der Waals surface area contributed by atoms with Crippen molar-refractivity contribution in [3.63, 3.8) is 0 Å². The van der Waals surface area contributed by atoms with Crippen molar-refractivity contribution in [1.29, 1.82) is 5.26 Å². The average molecular weight is 338 g/mol. The number of carbonyl (C=O) groups is 2. The molecule has 0 aliphatic carbocycles. The van der Waals surface area contributed by atoms with Crippen LogP contribution in [0.3, 0.4) is 0 Å². The Labute approximate surface area is 146 Å². The topological polar surface area (TPSA) is 88.4 Å². The van der Waals surface area contributed by atoms with Crippen LogP contribution < -0.4 is 5.32 Å². The summed E-state index contributed by atoms with van der Waals surface area (Å²) in [7, 11) is 1.59. The van der Waals surface area contributed by atoms with E-state index < -0.39 is 18.0 Å². The Morgan fingerprint density at radius 3 is 2.56 bits per heavy atom. The maximum absolute atomic E-state index is 12.1. The number of benzene rings is 2. The maximum Gasteiger partial charge on any atom is 0.338 e. The van der Waals surface area contributed by atoms with Crippen LogP contribution in [-0.2, 0) is 20.9 Å². The third kappa shape index (κ3) is 5.16. The Hall–Kier alpha value is -3.17. The molecule has 6 nitrogen and oxygen atoms in total. The van der Waals surface area contributed by atoms with E-state index in [1.54, 1.807) is 55.6 Å². The molecule has 0 saturated carbocycles. The van der Waals surface area contributed by atoms with Gasteiger partial charge in [-0.1, -0.05) is 18.2 Å².